The van der Waals surface area contributed by atoms with Gasteiger partial charge < -0.3 is 5.32 Å². The molecule has 0 aliphatic rings. The molecule has 2 rings (SSSR count). The lowest BCUT2D eigenvalue weighted by Gasteiger charge is -2.09. The first kappa shape index (κ1) is 15.1. The number of nitrogens with one attached hydrogen (secondary N) is 1. The quantitative estimate of drug-likeness (QED) is 0.881. The molecule has 0 atom stereocenters. The van der Waals surface area contributed by atoms with Gasteiger partial charge in [-0.1, -0.05) is 18.2 Å². The summed E-state index contributed by atoms with van der Waals surface area (Å²) in [5, 5.41) is 11.4. The summed E-state index contributed by atoms with van der Waals surface area (Å²) in [5.41, 5.74) is 1.18. The zero-order valence-electron chi connectivity index (χ0n) is 11.4. The van der Waals surface area contributed by atoms with Gasteiger partial charge in [0.1, 0.15) is 5.82 Å². The highest BCUT2D eigenvalue weighted by Gasteiger charge is 2.11. The van der Waals surface area contributed by atoms with Crippen LogP contribution in [0.15, 0.2) is 47.4 Å². The van der Waals surface area contributed by atoms with E-state index in [1.807, 2.05) is 24.5 Å². The molecule has 0 radical (unpaired) electrons. The van der Waals surface area contributed by atoms with Crippen molar-refractivity contribution in [1.82, 2.24) is 5.32 Å². The molecule has 0 spiro atoms. The maximum Gasteiger partial charge on any atom is 0.252 e. The molecule has 0 aliphatic heterocycles. The molecule has 106 valence electrons. The van der Waals surface area contributed by atoms with Crippen molar-refractivity contribution < 1.29 is 9.18 Å². The molecule has 0 saturated carbocycles. The molecule has 1 N–H and O–H groups in total. The van der Waals surface area contributed by atoms with Crippen LogP contribution in [0, 0.1) is 17.1 Å². The van der Waals surface area contributed by atoms with E-state index in [-0.39, 0.29) is 18.0 Å². The fraction of sp³-hybridized carbons (Fsp3) is 0.125. The van der Waals surface area contributed by atoms with E-state index in [9.17, 15) is 9.18 Å². The summed E-state index contributed by atoms with van der Waals surface area (Å²) in [7, 11) is 0. The van der Waals surface area contributed by atoms with E-state index in [1.54, 1.807) is 12.1 Å². The van der Waals surface area contributed by atoms with E-state index in [1.165, 1.54) is 23.9 Å². The largest absolute Gasteiger partial charge is 0.348 e. The maximum absolute atomic E-state index is 13.7. The SMILES string of the molecule is CSc1ccccc1C(=O)NCc1ccc(C#N)cc1F. The number of benzene rings is 2. The monoisotopic (exact) mass is 300 g/mol. The second-order valence-corrected chi connectivity index (χ2v) is 5.15. The summed E-state index contributed by atoms with van der Waals surface area (Å²) in [5.74, 6) is -0.740. The van der Waals surface area contributed by atoms with Gasteiger partial charge in [-0.15, -0.1) is 11.8 Å². The van der Waals surface area contributed by atoms with E-state index >= 15 is 0 Å². The van der Waals surface area contributed by atoms with Crippen LogP contribution in [0.2, 0.25) is 0 Å². The number of nitrogens with zero attached hydrogens (tertiary/aromatic N) is 1. The van der Waals surface area contributed by atoms with Gasteiger partial charge in [-0.3, -0.25) is 4.79 Å². The number of hydrogen-bond acceptors (Lipinski definition) is 3. The Bertz CT molecular complexity index is 710. The number of thioether (sulfide) groups is 1. The smallest absolute Gasteiger partial charge is 0.252 e. The minimum atomic E-state index is -0.493. The van der Waals surface area contributed by atoms with Gasteiger partial charge in [0.05, 0.1) is 17.2 Å². The van der Waals surface area contributed by atoms with Crippen LogP contribution in [0.3, 0.4) is 0 Å². The molecular weight excluding hydrogens is 287 g/mol. The first-order chi connectivity index (χ1) is 10.2. The minimum absolute atomic E-state index is 0.0824. The summed E-state index contributed by atoms with van der Waals surface area (Å²) in [6, 6.07) is 13.3. The van der Waals surface area contributed by atoms with Crippen molar-refractivity contribution in [3.8, 4) is 6.07 Å². The predicted molar refractivity (Wildman–Crippen MR) is 80.5 cm³/mol. The van der Waals surface area contributed by atoms with Crippen LogP contribution in [0.1, 0.15) is 21.5 Å². The first-order valence-electron chi connectivity index (χ1n) is 6.25. The highest BCUT2D eigenvalue weighted by atomic mass is 32.2. The highest BCUT2D eigenvalue weighted by Crippen LogP contribution is 2.19. The number of halogens is 1. The van der Waals surface area contributed by atoms with E-state index in [2.05, 4.69) is 5.32 Å². The molecule has 2 aromatic carbocycles. The number of nitriles is 1. The molecule has 0 aliphatic carbocycles. The Hall–Kier alpha value is -2.32. The van der Waals surface area contributed by atoms with E-state index in [0.717, 1.165) is 11.0 Å². The van der Waals surface area contributed by atoms with Gasteiger partial charge in [0.25, 0.3) is 5.91 Å². The van der Waals surface area contributed by atoms with E-state index < -0.39 is 5.82 Å². The van der Waals surface area contributed by atoms with Crippen molar-refractivity contribution in [3.05, 3.63) is 65.0 Å². The van der Waals surface area contributed by atoms with Gasteiger partial charge in [-0.05, 0) is 30.5 Å². The first-order valence-corrected chi connectivity index (χ1v) is 7.48. The second kappa shape index (κ2) is 6.91. The number of hydrogen-bond donors (Lipinski definition) is 1. The number of carbonyl (C=O) groups excluding carboxylic acids is 1. The number of amides is 1. The third kappa shape index (κ3) is 3.61. The van der Waals surface area contributed by atoms with Gasteiger partial charge >= 0.3 is 0 Å². The average Bonchev–Trinajstić information content (AvgIpc) is 2.53. The number of carbonyl (C=O) groups is 1. The molecule has 0 saturated heterocycles. The molecule has 0 heterocycles. The Morgan fingerprint density at radius 2 is 2.10 bits per heavy atom. The molecular formula is C16H13FN2OS. The normalized spacial score (nSPS) is 9.95. The third-order valence-corrected chi connectivity index (χ3v) is 3.77. The summed E-state index contributed by atoms with van der Waals surface area (Å²) < 4.78 is 13.7. The summed E-state index contributed by atoms with van der Waals surface area (Å²) in [4.78, 5) is 13.0. The molecule has 0 unspecified atom stereocenters. The molecule has 0 aromatic heterocycles. The van der Waals surface area contributed by atoms with Crippen molar-refractivity contribution in [2.45, 2.75) is 11.4 Å². The van der Waals surface area contributed by atoms with Crippen molar-refractivity contribution in [2.24, 2.45) is 0 Å². The minimum Gasteiger partial charge on any atom is -0.348 e. The molecule has 0 bridgehead atoms. The van der Waals surface area contributed by atoms with Crippen molar-refractivity contribution >= 4 is 17.7 Å². The highest BCUT2D eigenvalue weighted by molar-refractivity contribution is 7.98. The summed E-state index contributed by atoms with van der Waals surface area (Å²) in [6.07, 6.45) is 1.90. The van der Waals surface area contributed by atoms with E-state index in [0.29, 0.717) is 11.1 Å². The maximum atomic E-state index is 13.7. The van der Waals surface area contributed by atoms with Gasteiger partial charge in [0.15, 0.2) is 0 Å². The van der Waals surface area contributed by atoms with Gasteiger partial charge in [-0.2, -0.15) is 5.26 Å². The Labute approximate surface area is 126 Å². The van der Waals surface area contributed by atoms with Crippen molar-refractivity contribution in [2.75, 3.05) is 6.26 Å². The topological polar surface area (TPSA) is 52.9 Å². The Morgan fingerprint density at radius 1 is 1.33 bits per heavy atom. The molecule has 2 aromatic rings. The lowest BCUT2D eigenvalue weighted by molar-refractivity contribution is 0.0947. The molecule has 21 heavy (non-hydrogen) atoms. The molecule has 5 heteroatoms. The van der Waals surface area contributed by atoms with Crippen molar-refractivity contribution in [1.29, 1.82) is 5.26 Å². The van der Waals surface area contributed by atoms with Crippen molar-refractivity contribution in [3.63, 3.8) is 0 Å². The van der Waals surface area contributed by atoms with Gasteiger partial charge in [0.2, 0.25) is 0 Å². The van der Waals surface area contributed by atoms with Crippen LogP contribution in [0.25, 0.3) is 0 Å². The van der Waals surface area contributed by atoms with Crippen LogP contribution in [0.4, 0.5) is 4.39 Å². The third-order valence-electron chi connectivity index (χ3n) is 2.97. The summed E-state index contributed by atoms with van der Waals surface area (Å²) >= 11 is 1.48. The van der Waals surface area contributed by atoms with E-state index in [4.69, 9.17) is 5.26 Å². The number of rotatable bonds is 4. The zero-order chi connectivity index (χ0) is 15.2. The molecule has 3 nitrogen and oxygen atoms in total. The average molecular weight is 300 g/mol. The fourth-order valence-corrected chi connectivity index (χ4v) is 2.46. The Morgan fingerprint density at radius 3 is 2.76 bits per heavy atom. The van der Waals surface area contributed by atoms with Gasteiger partial charge in [-0.25, -0.2) is 4.39 Å². The second-order valence-electron chi connectivity index (χ2n) is 4.30. The van der Waals surface area contributed by atoms with Crippen LogP contribution in [-0.2, 0) is 6.54 Å². The van der Waals surface area contributed by atoms with Crippen LogP contribution < -0.4 is 5.32 Å². The lowest BCUT2D eigenvalue weighted by Crippen LogP contribution is -2.23. The zero-order valence-corrected chi connectivity index (χ0v) is 12.2. The van der Waals surface area contributed by atoms with Gasteiger partial charge in [0, 0.05) is 17.0 Å². The molecule has 0 fully saturated rings. The standard InChI is InChI=1S/C16H13FN2OS/c1-21-15-5-3-2-4-13(15)16(20)19-10-12-7-6-11(9-18)8-14(12)17/h2-8H,10H2,1H3,(H,19,20). The van der Waals surface area contributed by atoms with Crippen LogP contribution in [-0.4, -0.2) is 12.2 Å². The van der Waals surface area contributed by atoms with Crippen LogP contribution >= 0.6 is 11.8 Å². The molecule has 1 amide bonds. The Kier molecular flexibility index (Phi) is 4.96. The predicted octanol–water partition coefficient (Wildman–Crippen LogP) is 3.35. The summed E-state index contributed by atoms with van der Waals surface area (Å²) in [6.45, 7) is 0.0824. The fourth-order valence-electron chi connectivity index (χ4n) is 1.86. The Balaban J connectivity index is 2.10. The van der Waals surface area contributed by atoms with Crippen LogP contribution in [0.5, 0.6) is 0 Å². The lowest BCUT2D eigenvalue weighted by atomic mass is 10.1.